The SMILES string of the molecule is COc1cc2c(cc1OC(=O)C(F)(F)F)CCN[C@]21CS[C@@H]2c3c(OC(C)=O)c(C)c4c(c3[C@H](COC1=O)N1C2[C@@H]2c3c(cc(C)c(OC)c3O)C[C@H]([C@@H]1O)N2C)OCO4. The number of fused-ring (bicyclic) bond motifs is 9. The van der Waals surface area contributed by atoms with Crippen LogP contribution in [0.2, 0.25) is 0 Å². The smallest absolute Gasteiger partial charge is 0.491 e. The number of benzene rings is 3. The number of esters is 3. The molecule has 15 nitrogen and oxygen atoms in total. The number of nitrogens with zero attached hydrogens (tertiary/aromatic N) is 2. The number of aliphatic hydroxyl groups is 1. The summed E-state index contributed by atoms with van der Waals surface area (Å²) in [5.41, 5.74) is 2.86. The van der Waals surface area contributed by atoms with Gasteiger partial charge in [0, 0.05) is 47.5 Å². The molecule has 7 aliphatic rings. The van der Waals surface area contributed by atoms with Crippen molar-refractivity contribution >= 4 is 29.7 Å². The molecule has 7 atom stereocenters. The van der Waals surface area contributed by atoms with Gasteiger partial charge in [-0.3, -0.25) is 19.9 Å². The van der Waals surface area contributed by atoms with Crippen molar-refractivity contribution < 1.29 is 70.9 Å². The molecule has 0 amide bonds. The minimum atomic E-state index is -5.27. The van der Waals surface area contributed by atoms with Gasteiger partial charge in [-0.1, -0.05) is 6.07 Å². The van der Waals surface area contributed by atoms with Gasteiger partial charge in [0.05, 0.1) is 37.6 Å². The van der Waals surface area contributed by atoms with Crippen LogP contribution in [0.4, 0.5) is 13.2 Å². The number of carbonyl (C=O) groups is 3. The Hall–Kier alpha value is -4.95. The van der Waals surface area contributed by atoms with Crippen LogP contribution < -0.4 is 33.7 Å². The molecule has 0 saturated carbocycles. The van der Waals surface area contributed by atoms with Crippen LogP contribution in [0, 0.1) is 13.8 Å². The highest BCUT2D eigenvalue weighted by Crippen LogP contribution is 2.64. The van der Waals surface area contributed by atoms with Crippen molar-refractivity contribution in [3.05, 3.63) is 62.7 Å². The number of aliphatic hydroxyl groups excluding tert-OH is 1. The van der Waals surface area contributed by atoms with E-state index in [9.17, 15) is 37.8 Å². The number of ether oxygens (including phenoxy) is 7. The van der Waals surface area contributed by atoms with Crippen molar-refractivity contribution in [2.45, 2.75) is 81.0 Å². The first kappa shape index (κ1) is 40.5. The first-order valence-corrected chi connectivity index (χ1v) is 20.3. The number of hydrogen-bond donors (Lipinski definition) is 3. The maximum Gasteiger partial charge on any atom is 0.491 e. The number of aryl methyl sites for hydroxylation is 1. The summed E-state index contributed by atoms with van der Waals surface area (Å²) in [6, 6.07) is 1.91. The number of methoxy groups -OCH3 is 2. The molecule has 0 aliphatic carbocycles. The topological polar surface area (TPSA) is 175 Å². The Balaban J connectivity index is 1.27. The first-order chi connectivity index (χ1) is 28.5. The Labute approximate surface area is 345 Å². The van der Waals surface area contributed by atoms with Gasteiger partial charge in [-0.25, -0.2) is 9.59 Å². The molecule has 7 aliphatic heterocycles. The minimum absolute atomic E-state index is 0.0423. The monoisotopic (exact) mass is 857 g/mol. The number of halogens is 3. The standard InChI is InChI=1S/C41H42F3N3O12S/c1-16-9-20-10-22-37(50)47-23-13-55-38(51)40(21-12-24(53-5)25(11-19(21)7-8-45-40)59-39(52)41(42,43)44)14-60-36(30(47)29(46(22)4)26(20)31(49)32(16)54-6)28-27(23)35-34(56-15-57-35)17(2)33(28)58-18(3)48/h9,11-12,22-23,29-30,36-37,45,49-50H,7-8,10,13-15H2,1-6H3/t22-,23+,29+,30?,36-,37+,40-/m1/s1. The number of carbonyl (C=O) groups excluding carboxylic acids is 3. The van der Waals surface area contributed by atoms with Crippen LogP contribution in [0.5, 0.6) is 40.2 Å². The second kappa shape index (κ2) is 14.3. The van der Waals surface area contributed by atoms with E-state index in [1.54, 1.807) is 6.92 Å². The number of phenolic OH excluding ortho intramolecular Hbond substituents is 1. The van der Waals surface area contributed by atoms with Crippen molar-refractivity contribution in [2.24, 2.45) is 0 Å². The molecular formula is C41H42F3N3O12S. The van der Waals surface area contributed by atoms with Crippen LogP contribution in [-0.4, -0.2) is 109 Å². The summed E-state index contributed by atoms with van der Waals surface area (Å²) in [6.07, 6.45) is -5.80. The Kier molecular flexibility index (Phi) is 9.66. The highest BCUT2D eigenvalue weighted by molar-refractivity contribution is 7.99. The number of phenols is 1. The van der Waals surface area contributed by atoms with Crippen molar-refractivity contribution in [1.29, 1.82) is 0 Å². The van der Waals surface area contributed by atoms with E-state index in [1.807, 2.05) is 29.8 Å². The molecule has 7 heterocycles. The van der Waals surface area contributed by atoms with Crippen molar-refractivity contribution in [2.75, 3.05) is 47.0 Å². The number of hydrogen-bond acceptors (Lipinski definition) is 16. The molecule has 2 saturated heterocycles. The van der Waals surface area contributed by atoms with E-state index in [2.05, 4.69) is 5.32 Å². The fourth-order valence-corrected chi connectivity index (χ4v) is 11.9. The first-order valence-electron chi connectivity index (χ1n) is 19.3. The third-order valence-electron chi connectivity index (χ3n) is 12.7. The van der Waals surface area contributed by atoms with Gasteiger partial charge in [0.25, 0.3) is 0 Å². The largest absolute Gasteiger partial charge is 0.504 e. The summed E-state index contributed by atoms with van der Waals surface area (Å²) in [6.45, 7) is 4.59. The van der Waals surface area contributed by atoms with Gasteiger partial charge in [-0.15, -0.1) is 11.8 Å². The number of thioether (sulfide) groups is 1. The van der Waals surface area contributed by atoms with Crippen LogP contribution in [0.1, 0.15) is 68.8 Å². The predicted octanol–water partition coefficient (Wildman–Crippen LogP) is 4.18. The lowest BCUT2D eigenvalue weighted by atomic mass is 9.73. The minimum Gasteiger partial charge on any atom is -0.504 e. The van der Waals surface area contributed by atoms with E-state index < -0.39 is 71.0 Å². The zero-order valence-electron chi connectivity index (χ0n) is 33.4. The third kappa shape index (κ3) is 5.83. The Morgan fingerprint density at radius 1 is 0.983 bits per heavy atom. The lowest BCUT2D eigenvalue weighted by Crippen LogP contribution is -2.70. The number of nitrogens with one attached hydrogen (secondary N) is 1. The predicted molar refractivity (Wildman–Crippen MR) is 205 cm³/mol. The van der Waals surface area contributed by atoms with E-state index >= 15 is 0 Å². The van der Waals surface area contributed by atoms with E-state index in [0.29, 0.717) is 57.1 Å². The number of likely N-dealkylation sites (N-methyl/N-ethyl adjacent to an activating group) is 1. The molecular weight excluding hydrogens is 816 g/mol. The van der Waals surface area contributed by atoms with Crippen molar-refractivity contribution in [3.63, 3.8) is 0 Å². The van der Waals surface area contributed by atoms with Crippen LogP contribution in [0.3, 0.4) is 0 Å². The van der Waals surface area contributed by atoms with E-state index in [-0.39, 0.29) is 49.4 Å². The van der Waals surface area contributed by atoms with Crippen LogP contribution in [0.25, 0.3) is 0 Å². The molecule has 1 spiro atoms. The normalized spacial score (nSPS) is 27.9. The van der Waals surface area contributed by atoms with Gasteiger partial charge in [0.15, 0.2) is 40.0 Å². The average molecular weight is 858 g/mol. The lowest BCUT2D eigenvalue weighted by molar-refractivity contribution is -0.189. The second-order valence-electron chi connectivity index (χ2n) is 15.8. The molecule has 19 heteroatoms. The molecule has 60 heavy (non-hydrogen) atoms. The molecule has 1 unspecified atom stereocenters. The van der Waals surface area contributed by atoms with Gasteiger partial charge in [0.2, 0.25) is 6.79 Å². The van der Waals surface area contributed by atoms with E-state index in [4.69, 9.17) is 33.2 Å². The quantitative estimate of drug-likeness (QED) is 0.252. The van der Waals surface area contributed by atoms with Gasteiger partial charge in [-0.05, 0) is 68.1 Å². The molecule has 3 aromatic rings. The van der Waals surface area contributed by atoms with Gasteiger partial charge >= 0.3 is 24.1 Å². The second-order valence-corrected chi connectivity index (χ2v) is 16.9. The lowest BCUT2D eigenvalue weighted by Gasteiger charge is -2.62. The summed E-state index contributed by atoms with van der Waals surface area (Å²) in [5, 5.41) is 27.2. The maximum atomic E-state index is 14.8. The molecule has 3 aromatic carbocycles. The van der Waals surface area contributed by atoms with Gasteiger partial charge in [0.1, 0.15) is 18.6 Å². The van der Waals surface area contributed by atoms with Crippen LogP contribution in [-0.2, 0) is 37.5 Å². The molecule has 2 fully saturated rings. The summed E-state index contributed by atoms with van der Waals surface area (Å²) in [7, 11) is 4.57. The summed E-state index contributed by atoms with van der Waals surface area (Å²) in [4.78, 5) is 43.7. The highest BCUT2D eigenvalue weighted by atomic mass is 32.2. The van der Waals surface area contributed by atoms with Gasteiger partial charge in [-0.2, -0.15) is 13.2 Å². The number of piperazine rings is 1. The van der Waals surface area contributed by atoms with Crippen LogP contribution >= 0.6 is 11.8 Å². The molecule has 320 valence electrons. The summed E-state index contributed by atoms with van der Waals surface area (Å²) in [5.74, 6) is -3.29. The third-order valence-corrected chi connectivity index (χ3v) is 14.2. The molecule has 10 rings (SSSR count). The van der Waals surface area contributed by atoms with Crippen molar-refractivity contribution in [3.8, 4) is 40.2 Å². The van der Waals surface area contributed by atoms with E-state index in [0.717, 1.165) is 11.1 Å². The summed E-state index contributed by atoms with van der Waals surface area (Å²) < 4.78 is 80.3. The summed E-state index contributed by atoms with van der Waals surface area (Å²) >= 11 is 1.31. The average Bonchev–Trinajstić information content (AvgIpc) is 3.69. The van der Waals surface area contributed by atoms with Crippen LogP contribution in [0.15, 0.2) is 18.2 Å². The van der Waals surface area contributed by atoms with Gasteiger partial charge < -0.3 is 43.4 Å². The Bertz CT molecular complexity index is 2360. The highest BCUT2D eigenvalue weighted by Gasteiger charge is 2.61. The molecule has 4 bridgehead atoms. The maximum absolute atomic E-state index is 14.8. The molecule has 0 radical (unpaired) electrons. The Morgan fingerprint density at radius 3 is 2.43 bits per heavy atom. The number of alkyl halides is 3. The van der Waals surface area contributed by atoms with E-state index in [1.165, 1.54) is 45.0 Å². The Morgan fingerprint density at radius 2 is 1.73 bits per heavy atom. The fraction of sp³-hybridized carbons (Fsp3) is 0.488. The van der Waals surface area contributed by atoms with Crippen molar-refractivity contribution in [1.82, 2.24) is 15.1 Å². The zero-order chi connectivity index (χ0) is 42.7. The molecule has 0 aromatic heterocycles. The number of rotatable bonds is 4. The zero-order valence-corrected chi connectivity index (χ0v) is 34.2. The number of aromatic hydroxyl groups is 1. The molecule has 3 N–H and O–H groups in total. The fourth-order valence-electron chi connectivity index (χ4n) is 10.2.